The molecule has 0 saturated carbocycles. The molecule has 1 aromatic carbocycles. The van der Waals surface area contributed by atoms with E-state index in [0.29, 0.717) is 11.4 Å². The van der Waals surface area contributed by atoms with Crippen molar-refractivity contribution in [1.82, 2.24) is 0 Å². The number of cyclic esters (lactones) is 2. The Hall–Kier alpha value is -2.83. The van der Waals surface area contributed by atoms with Gasteiger partial charge >= 0.3 is 11.9 Å². The van der Waals surface area contributed by atoms with Gasteiger partial charge in [-0.15, -0.1) is 0 Å². The van der Waals surface area contributed by atoms with Gasteiger partial charge in [0.15, 0.2) is 5.57 Å². The second kappa shape index (κ2) is 6.74. The molecule has 0 spiro atoms. The summed E-state index contributed by atoms with van der Waals surface area (Å²) in [7, 11) is 1.53. The zero-order chi connectivity index (χ0) is 17.9. The molecule has 1 aliphatic heterocycles. The Morgan fingerprint density at radius 3 is 2.17 bits per heavy atom. The Kier molecular flexibility index (Phi) is 4.92. The summed E-state index contributed by atoms with van der Waals surface area (Å²) >= 11 is 0. The number of esters is 2. The van der Waals surface area contributed by atoms with Crippen molar-refractivity contribution in [1.29, 1.82) is 0 Å². The molecule has 0 aromatic heterocycles. The quantitative estimate of drug-likeness (QED) is 0.477. The van der Waals surface area contributed by atoms with Crippen molar-refractivity contribution in [3.05, 3.63) is 36.0 Å². The number of anilines is 1. The van der Waals surface area contributed by atoms with Gasteiger partial charge in [-0.1, -0.05) is 6.92 Å². The van der Waals surface area contributed by atoms with Crippen LogP contribution in [0.1, 0.15) is 27.2 Å². The van der Waals surface area contributed by atoms with Gasteiger partial charge in [-0.3, -0.25) is 9.69 Å². The highest BCUT2D eigenvalue weighted by Gasteiger charge is 2.39. The maximum absolute atomic E-state index is 12.2. The number of hydrogen-bond acceptors (Lipinski definition) is 6. The maximum atomic E-state index is 12.2. The molecule has 1 heterocycles. The molecule has 1 amide bonds. The molecule has 1 aromatic rings. The first kappa shape index (κ1) is 17.5. The highest BCUT2D eigenvalue weighted by Crippen LogP contribution is 2.25. The van der Waals surface area contributed by atoms with E-state index in [1.807, 2.05) is 0 Å². The second-order valence-electron chi connectivity index (χ2n) is 5.54. The van der Waals surface area contributed by atoms with Crippen LogP contribution in [0.2, 0.25) is 0 Å². The first-order valence-electron chi connectivity index (χ1n) is 7.42. The van der Waals surface area contributed by atoms with E-state index in [9.17, 15) is 14.4 Å². The average molecular weight is 333 g/mol. The third-order valence-corrected chi connectivity index (χ3v) is 3.30. The number of ether oxygens (including phenoxy) is 3. The monoisotopic (exact) mass is 333 g/mol. The molecule has 0 bridgehead atoms. The van der Waals surface area contributed by atoms with Crippen molar-refractivity contribution in [3.8, 4) is 5.75 Å². The molecule has 0 radical (unpaired) electrons. The summed E-state index contributed by atoms with van der Waals surface area (Å²) < 4.78 is 15.1. The smallest absolute Gasteiger partial charge is 0.350 e. The number of methoxy groups -OCH3 is 1. The minimum absolute atomic E-state index is 0.186. The molecule has 128 valence electrons. The summed E-state index contributed by atoms with van der Waals surface area (Å²) in [6.07, 6.45) is 1.33. The Labute approximate surface area is 139 Å². The predicted octanol–water partition coefficient (Wildman–Crippen LogP) is 2.16. The molecule has 0 atom stereocenters. The number of rotatable bonds is 4. The van der Waals surface area contributed by atoms with E-state index >= 15 is 0 Å². The van der Waals surface area contributed by atoms with Crippen molar-refractivity contribution in [2.24, 2.45) is 0 Å². The predicted molar refractivity (Wildman–Crippen MR) is 85.1 cm³/mol. The minimum atomic E-state index is -1.33. The number of benzene rings is 1. The minimum Gasteiger partial charge on any atom is -0.497 e. The largest absolute Gasteiger partial charge is 0.497 e. The van der Waals surface area contributed by atoms with E-state index in [1.54, 1.807) is 31.2 Å². The van der Waals surface area contributed by atoms with Crippen LogP contribution >= 0.6 is 0 Å². The van der Waals surface area contributed by atoms with Crippen LogP contribution in [-0.2, 0) is 23.9 Å². The van der Waals surface area contributed by atoms with Gasteiger partial charge in [0.05, 0.1) is 7.11 Å². The molecule has 7 nitrogen and oxygen atoms in total. The Morgan fingerprint density at radius 1 is 1.17 bits per heavy atom. The van der Waals surface area contributed by atoms with Gasteiger partial charge in [-0.2, -0.15) is 0 Å². The van der Waals surface area contributed by atoms with Crippen LogP contribution in [0.5, 0.6) is 5.75 Å². The van der Waals surface area contributed by atoms with Crippen LogP contribution in [0.15, 0.2) is 36.0 Å². The van der Waals surface area contributed by atoms with E-state index in [1.165, 1.54) is 25.9 Å². The van der Waals surface area contributed by atoms with E-state index in [4.69, 9.17) is 14.2 Å². The molecule has 7 heteroatoms. The molecule has 24 heavy (non-hydrogen) atoms. The second-order valence-corrected chi connectivity index (χ2v) is 5.54. The highest BCUT2D eigenvalue weighted by molar-refractivity contribution is 6.16. The van der Waals surface area contributed by atoms with Crippen LogP contribution in [0, 0.1) is 0 Å². The lowest BCUT2D eigenvalue weighted by Crippen LogP contribution is -2.42. The van der Waals surface area contributed by atoms with Crippen molar-refractivity contribution < 1.29 is 28.6 Å². The van der Waals surface area contributed by atoms with Gasteiger partial charge in [0.1, 0.15) is 5.75 Å². The van der Waals surface area contributed by atoms with E-state index in [-0.39, 0.29) is 17.9 Å². The lowest BCUT2D eigenvalue weighted by atomic mass is 10.2. The first-order valence-corrected chi connectivity index (χ1v) is 7.42. The zero-order valence-corrected chi connectivity index (χ0v) is 14.0. The lowest BCUT2D eigenvalue weighted by Gasteiger charge is -2.30. The third kappa shape index (κ3) is 3.73. The summed E-state index contributed by atoms with van der Waals surface area (Å²) in [6, 6.07) is 6.63. The summed E-state index contributed by atoms with van der Waals surface area (Å²) in [4.78, 5) is 37.5. The SMILES string of the molecule is CCC(=O)N(C=C1C(=O)OC(C)(C)OC1=O)c1ccc(OC)cc1. The normalized spacial score (nSPS) is 16.1. The topological polar surface area (TPSA) is 82.1 Å². The lowest BCUT2D eigenvalue weighted by molar-refractivity contribution is -0.222. The number of nitrogens with zero attached hydrogens (tertiary/aromatic N) is 1. The van der Waals surface area contributed by atoms with Crippen LogP contribution in [0.4, 0.5) is 5.69 Å². The summed E-state index contributed by atoms with van der Waals surface area (Å²) in [5, 5.41) is 0. The Morgan fingerprint density at radius 2 is 1.71 bits per heavy atom. The highest BCUT2D eigenvalue weighted by atomic mass is 16.7. The van der Waals surface area contributed by atoms with Crippen LogP contribution in [-0.4, -0.2) is 30.7 Å². The molecular weight excluding hydrogens is 314 g/mol. The summed E-state index contributed by atoms with van der Waals surface area (Å²) in [6.45, 7) is 4.59. The zero-order valence-electron chi connectivity index (χ0n) is 14.0. The Bertz CT molecular complexity index is 668. The van der Waals surface area contributed by atoms with Gasteiger partial charge in [0.25, 0.3) is 5.79 Å². The third-order valence-electron chi connectivity index (χ3n) is 3.30. The van der Waals surface area contributed by atoms with Gasteiger partial charge in [-0.25, -0.2) is 9.59 Å². The van der Waals surface area contributed by atoms with Gasteiger partial charge in [0, 0.05) is 32.2 Å². The van der Waals surface area contributed by atoms with Crippen molar-refractivity contribution in [2.45, 2.75) is 33.0 Å². The fourth-order valence-electron chi connectivity index (χ4n) is 2.10. The van der Waals surface area contributed by atoms with Crippen LogP contribution in [0.25, 0.3) is 0 Å². The van der Waals surface area contributed by atoms with Gasteiger partial charge < -0.3 is 14.2 Å². The molecule has 0 aliphatic carbocycles. The fourth-order valence-corrected chi connectivity index (χ4v) is 2.10. The molecule has 1 fully saturated rings. The van der Waals surface area contributed by atoms with E-state index < -0.39 is 17.7 Å². The summed E-state index contributed by atoms with van der Waals surface area (Å²) in [5.74, 6) is -2.67. The standard InChI is InChI=1S/C17H19NO6/c1-5-14(19)18(11-6-8-12(22-4)9-7-11)10-13-15(20)23-17(2,3)24-16(13)21/h6-10H,5H2,1-4H3. The van der Waals surface area contributed by atoms with Crippen molar-refractivity contribution >= 4 is 23.5 Å². The molecule has 2 rings (SSSR count). The van der Waals surface area contributed by atoms with Crippen molar-refractivity contribution in [3.63, 3.8) is 0 Å². The fraction of sp³-hybridized carbons (Fsp3) is 0.353. The van der Waals surface area contributed by atoms with Crippen LogP contribution < -0.4 is 9.64 Å². The van der Waals surface area contributed by atoms with Crippen LogP contribution in [0.3, 0.4) is 0 Å². The molecular formula is C17H19NO6. The molecule has 0 unspecified atom stereocenters. The molecule has 0 N–H and O–H groups in total. The van der Waals surface area contributed by atoms with Gasteiger partial charge in [0.2, 0.25) is 5.91 Å². The number of hydrogen-bond donors (Lipinski definition) is 0. The molecule has 1 aliphatic rings. The average Bonchev–Trinajstić information content (AvgIpc) is 2.53. The first-order chi connectivity index (χ1) is 11.3. The van der Waals surface area contributed by atoms with Gasteiger partial charge in [-0.05, 0) is 24.3 Å². The van der Waals surface area contributed by atoms with E-state index in [2.05, 4.69) is 0 Å². The molecule has 1 saturated heterocycles. The Balaban J connectivity index is 2.39. The summed E-state index contributed by atoms with van der Waals surface area (Å²) in [5.41, 5.74) is 0.146. The van der Waals surface area contributed by atoms with E-state index in [0.717, 1.165) is 6.20 Å². The number of carbonyl (C=O) groups is 3. The maximum Gasteiger partial charge on any atom is 0.350 e. The number of carbonyl (C=O) groups excluding carboxylic acids is 3. The number of amides is 1. The van der Waals surface area contributed by atoms with Crippen molar-refractivity contribution in [2.75, 3.05) is 12.0 Å².